The van der Waals surface area contributed by atoms with Crippen molar-refractivity contribution in [1.82, 2.24) is 9.80 Å². The molecule has 0 aromatic rings. The van der Waals surface area contributed by atoms with E-state index in [9.17, 15) is 0 Å². The Morgan fingerprint density at radius 3 is 2.57 bits per heavy atom. The van der Waals surface area contributed by atoms with Crippen LogP contribution in [0.25, 0.3) is 0 Å². The quantitative estimate of drug-likeness (QED) is 0.620. The highest BCUT2D eigenvalue weighted by Gasteiger charge is 2.38. The predicted molar refractivity (Wildman–Crippen MR) is 57.5 cm³/mol. The van der Waals surface area contributed by atoms with Crippen molar-refractivity contribution in [2.75, 3.05) is 46.4 Å². The van der Waals surface area contributed by atoms with E-state index in [4.69, 9.17) is 4.74 Å². The lowest BCUT2D eigenvalue weighted by atomic mass is 9.89. The fourth-order valence-electron chi connectivity index (χ4n) is 2.52. The summed E-state index contributed by atoms with van der Waals surface area (Å²) in [5.74, 6) is 0. The molecule has 0 radical (unpaired) electrons. The molecule has 2 heterocycles. The Kier molecular flexibility index (Phi) is 3.10. The fraction of sp³-hybridized carbons (Fsp3) is 1.00. The van der Waals surface area contributed by atoms with E-state index >= 15 is 0 Å². The van der Waals surface area contributed by atoms with Crippen molar-refractivity contribution in [3.05, 3.63) is 0 Å². The van der Waals surface area contributed by atoms with Crippen molar-refractivity contribution in [1.29, 1.82) is 0 Å². The normalized spacial score (nSPS) is 29.6. The van der Waals surface area contributed by atoms with Crippen molar-refractivity contribution >= 4 is 0 Å². The van der Waals surface area contributed by atoms with Gasteiger partial charge in [-0.25, -0.2) is 0 Å². The lowest BCUT2D eigenvalue weighted by Crippen LogP contribution is -2.56. The fourth-order valence-corrected chi connectivity index (χ4v) is 2.52. The van der Waals surface area contributed by atoms with Crippen LogP contribution in [-0.4, -0.2) is 61.8 Å². The zero-order chi connectivity index (χ0) is 10.0. The molecule has 3 nitrogen and oxygen atoms in total. The summed E-state index contributed by atoms with van der Waals surface area (Å²) in [5, 5.41) is 0. The minimum absolute atomic E-state index is 0.195. The monoisotopic (exact) mass is 198 g/mol. The van der Waals surface area contributed by atoms with Gasteiger partial charge < -0.3 is 9.64 Å². The molecule has 2 saturated heterocycles. The maximum absolute atomic E-state index is 6.02. The van der Waals surface area contributed by atoms with Gasteiger partial charge in [-0.05, 0) is 26.4 Å². The Bertz CT molecular complexity index is 188. The van der Waals surface area contributed by atoms with Crippen LogP contribution < -0.4 is 0 Å². The zero-order valence-corrected chi connectivity index (χ0v) is 9.46. The number of ether oxygens (including phenoxy) is 1. The number of hydrogen-bond acceptors (Lipinski definition) is 3. The van der Waals surface area contributed by atoms with Crippen LogP contribution in [0.3, 0.4) is 0 Å². The number of piperidine rings is 1. The molecule has 2 fully saturated rings. The van der Waals surface area contributed by atoms with Crippen molar-refractivity contribution < 1.29 is 4.74 Å². The van der Waals surface area contributed by atoms with Crippen LogP contribution in [0.4, 0.5) is 0 Å². The van der Waals surface area contributed by atoms with Crippen LogP contribution in [0.2, 0.25) is 0 Å². The number of nitrogens with zero attached hydrogens (tertiary/aromatic N) is 2. The molecule has 0 bridgehead atoms. The molecule has 0 unspecified atom stereocenters. The molecule has 0 atom stereocenters. The molecule has 2 aliphatic heterocycles. The average molecular weight is 198 g/mol. The van der Waals surface area contributed by atoms with E-state index in [0.29, 0.717) is 0 Å². The van der Waals surface area contributed by atoms with E-state index in [-0.39, 0.29) is 5.60 Å². The second kappa shape index (κ2) is 4.17. The molecular formula is C11H22N2O. The Morgan fingerprint density at radius 1 is 1.21 bits per heavy atom. The summed E-state index contributed by atoms with van der Waals surface area (Å²) in [6.45, 7) is 8.99. The molecule has 14 heavy (non-hydrogen) atoms. The number of rotatable bonds is 1. The standard InChI is InChI=1S/C11H22N2O/c1-3-13-8-9-14-11(10-13)4-6-12(2)7-5-11/h3-10H2,1-2H3. The second-order valence-electron chi connectivity index (χ2n) is 4.70. The molecule has 0 saturated carbocycles. The van der Waals surface area contributed by atoms with Crippen molar-refractivity contribution in [3.8, 4) is 0 Å². The lowest BCUT2D eigenvalue weighted by Gasteiger charge is -2.46. The first-order valence-corrected chi connectivity index (χ1v) is 5.79. The predicted octanol–water partition coefficient (Wildman–Crippen LogP) is 0.803. The van der Waals surface area contributed by atoms with E-state index in [1.165, 1.54) is 32.5 Å². The molecule has 0 N–H and O–H groups in total. The molecule has 0 aliphatic carbocycles. The highest BCUT2D eigenvalue weighted by Crippen LogP contribution is 2.29. The number of morpholine rings is 1. The Hall–Kier alpha value is -0.120. The van der Waals surface area contributed by atoms with Gasteiger partial charge in [-0.15, -0.1) is 0 Å². The first-order valence-electron chi connectivity index (χ1n) is 5.79. The van der Waals surface area contributed by atoms with Crippen molar-refractivity contribution in [3.63, 3.8) is 0 Å². The third-order valence-corrected chi connectivity index (χ3v) is 3.67. The Morgan fingerprint density at radius 2 is 1.93 bits per heavy atom. The van der Waals surface area contributed by atoms with Gasteiger partial charge in [0.2, 0.25) is 0 Å². The third-order valence-electron chi connectivity index (χ3n) is 3.67. The number of likely N-dealkylation sites (tertiary alicyclic amines) is 1. The summed E-state index contributed by atoms with van der Waals surface area (Å²) < 4.78 is 6.02. The van der Waals surface area contributed by atoms with Gasteiger partial charge in [-0.3, -0.25) is 4.90 Å². The van der Waals surface area contributed by atoms with Gasteiger partial charge in [-0.1, -0.05) is 6.92 Å². The summed E-state index contributed by atoms with van der Waals surface area (Å²) in [6.07, 6.45) is 2.42. The van der Waals surface area contributed by atoms with Gasteiger partial charge >= 0.3 is 0 Å². The molecule has 82 valence electrons. The van der Waals surface area contributed by atoms with Gasteiger partial charge in [0.05, 0.1) is 12.2 Å². The van der Waals surface area contributed by atoms with E-state index in [1.54, 1.807) is 0 Å². The maximum Gasteiger partial charge on any atom is 0.0833 e. The van der Waals surface area contributed by atoms with Crippen LogP contribution in [0.1, 0.15) is 19.8 Å². The van der Waals surface area contributed by atoms with Crippen LogP contribution >= 0.6 is 0 Å². The van der Waals surface area contributed by atoms with E-state index < -0.39 is 0 Å². The second-order valence-corrected chi connectivity index (χ2v) is 4.70. The van der Waals surface area contributed by atoms with Crippen LogP contribution in [-0.2, 0) is 4.74 Å². The molecule has 2 aliphatic rings. The van der Waals surface area contributed by atoms with Gasteiger partial charge in [0, 0.05) is 26.2 Å². The summed E-state index contributed by atoms with van der Waals surface area (Å²) in [4.78, 5) is 4.92. The topological polar surface area (TPSA) is 15.7 Å². The largest absolute Gasteiger partial charge is 0.372 e. The average Bonchev–Trinajstić information content (AvgIpc) is 2.23. The molecule has 3 heteroatoms. The molecule has 0 amide bonds. The minimum atomic E-state index is 0.195. The summed E-state index contributed by atoms with van der Waals surface area (Å²) >= 11 is 0. The first-order chi connectivity index (χ1) is 6.74. The highest BCUT2D eigenvalue weighted by atomic mass is 16.5. The lowest BCUT2D eigenvalue weighted by molar-refractivity contribution is -0.132. The van der Waals surface area contributed by atoms with Crippen molar-refractivity contribution in [2.45, 2.75) is 25.4 Å². The summed E-state index contributed by atoms with van der Waals surface area (Å²) in [6, 6.07) is 0. The number of likely N-dealkylation sites (N-methyl/N-ethyl adjacent to an activating group) is 1. The van der Waals surface area contributed by atoms with Gasteiger partial charge in [-0.2, -0.15) is 0 Å². The maximum atomic E-state index is 6.02. The molecule has 1 spiro atoms. The van der Waals surface area contributed by atoms with Gasteiger partial charge in [0.1, 0.15) is 0 Å². The van der Waals surface area contributed by atoms with Crippen LogP contribution in [0.5, 0.6) is 0 Å². The smallest absolute Gasteiger partial charge is 0.0833 e. The summed E-state index contributed by atoms with van der Waals surface area (Å²) in [5.41, 5.74) is 0.195. The summed E-state index contributed by atoms with van der Waals surface area (Å²) in [7, 11) is 2.20. The van der Waals surface area contributed by atoms with Crippen LogP contribution in [0, 0.1) is 0 Å². The Labute approximate surface area is 87.0 Å². The minimum Gasteiger partial charge on any atom is -0.372 e. The van der Waals surface area contributed by atoms with Crippen molar-refractivity contribution in [2.24, 2.45) is 0 Å². The van der Waals surface area contributed by atoms with Gasteiger partial charge in [0.15, 0.2) is 0 Å². The van der Waals surface area contributed by atoms with E-state index in [1.807, 2.05) is 0 Å². The van der Waals surface area contributed by atoms with E-state index in [2.05, 4.69) is 23.8 Å². The SMILES string of the molecule is CCN1CCOC2(CCN(C)CC2)C1. The third kappa shape index (κ3) is 2.10. The molecule has 2 rings (SSSR count). The Balaban J connectivity index is 1.94. The highest BCUT2D eigenvalue weighted by molar-refractivity contribution is 4.91. The van der Waals surface area contributed by atoms with Gasteiger partial charge in [0.25, 0.3) is 0 Å². The number of hydrogen-bond donors (Lipinski definition) is 0. The van der Waals surface area contributed by atoms with Crippen LogP contribution in [0.15, 0.2) is 0 Å². The zero-order valence-electron chi connectivity index (χ0n) is 9.46. The molecule has 0 aromatic heterocycles. The molecular weight excluding hydrogens is 176 g/mol. The van der Waals surface area contributed by atoms with E-state index in [0.717, 1.165) is 19.7 Å². The molecule has 0 aromatic carbocycles. The first kappa shape index (κ1) is 10.4.